The monoisotopic (exact) mass is 419 g/mol. The lowest BCUT2D eigenvalue weighted by atomic mass is 10.3. The summed E-state index contributed by atoms with van der Waals surface area (Å²) in [6.45, 7) is 2.18. The van der Waals surface area contributed by atoms with E-state index in [1.807, 2.05) is 13.0 Å². The van der Waals surface area contributed by atoms with Gasteiger partial charge < -0.3 is 9.42 Å². The maximum absolute atomic E-state index is 12.7. The second kappa shape index (κ2) is 7.54. The van der Waals surface area contributed by atoms with E-state index in [4.69, 9.17) is 0 Å². The fourth-order valence-corrected chi connectivity index (χ4v) is 3.35. The smallest absolute Gasteiger partial charge is 0.329 e. The number of aryl methyl sites for hydroxylation is 1. The SMILES string of the molecule is Cc1ccc(N(Cc2ccc(-c3noc(C(F)(F)F)n3)s2)c2cnccn2)nn1. The van der Waals surface area contributed by atoms with E-state index in [9.17, 15) is 13.2 Å². The molecular formula is C17H12F3N7OS. The van der Waals surface area contributed by atoms with Gasteiger partial charge in [0, 0.05) is 17.3 Å². The molecule has 0 amide bonds. The number of nitrogens with zero attached hydrogens (tertiary/aromatic N) is 7. The Bertz CT molecular complexity index is 1100. The third kappa shape index (κ3) is 4.21. The molecule has 4 aromatic rings. The van der Waals surface area contributed by atoms with Crippen LogP contribution in [0.2, 0.25) is 0 Å². The highest BCUT2D eigenvalue weighted by atomic mass is 32.1. The predicted molar refractivity (Wildman–Crippen MR) is 97.3 cm³/mol. The molecule has 8 nitrogen and oxygen atoms in total. The normalized spacial score (nSPS) is 11.6. The van der Waals surface area contributed by atoms with Crippen LogP contribution in [0, 0.1) is 6.92 Å². The van der Waals surface area contributed by atoms with Crippen LogP contribution in [0.15, 0.2) is 47.4 Å². The van der Waals surface area contributed by atoms with E-state index < -0.39 is 12.1 Å². The second-order valence-electron chi connectivity index (χ2n) is 5.87. The molecule has 0 aromatic carbocycles. The lowest BCUT2D eigenvalue weighted by Gasteiger charge is -2.21. The molecule has 4 rings (SSSR count). The van der Waals surface area contributed by atoms with Gasteiger partial charge in [-0.15, -0.1) is 16.4 Å². The van der Waals surface area contributed by atoms with Gasteiger partial charge in [-0.2, -0.15) is 23.3 Å². The molecule has 4 heterocycles. The van der Waals surface area contributed by atoms with Crippen LogP contribution in [0.5, 0.6) is 0 Å². The van der Waals surface area contributed by atoms with E-state index in [0.29, 0.717) is 23.1 Å². The highest BCUT2D eigenvalue weighted by Gasteiger charge is 2.38. The van der Waals surface area contributed by atoms with Crippen LogP contribution in [0.4, 0.5) is 24.8 Å². The van der Waals surface area contributed by atoms with E-state index in [1.165, 1.54) is 11.3 Å². The molecule has 0 saturated heterocycles. The minimum absolute atomic E-state index is 0.116. The van der Waals surface area contributed by atoms with Crippen molar-refractivity contribution >= 4 is 23.0 Å². The average Bonchev–Trinajstić information content (AvgIpc) is 3.37. The minimum atomic E-state index is -4.68. The van der Waals surface area contributed by atoms with Crippen molar-refractivity contribution in [2.24, 2.45) is 0 Å². The summed E-state index contributed by atoms with van der Waals surface area (Å²) in [5.41, 5.74) is 0.767. The van der Waals surface area contributed by atoms with Crippen LogP contribution < -0.4 is 4.90 Å². The van der Waals surface area contributed by atoms with Crippen LogP contribution in [0.25, 0.3) is 10.7 Å². The Morgan fingerprint density at radius 1 is 1.07 bits per heavy atom. The van der Waals surface area contributed by atoms with Crippen LogP contribution in [0.1, 0.15) is 16.5 Å². The number of alkyl halides is 3. The summed E-state index contributed by atoms with van der Waals surface area (Å²) in [4.78, 5) is 14.9. The lowest BCUT2D eigenvalue weighted by Crippen LogP contribution is -2.19. The fraction of sp³-hybridized carbons (Fsp3) is 0.176. The van der Waals surface area contributed by atoms with Crippen LogP contribution >= 0.6 is 11.3 Å². The first-order valence-corrected chi connectivity index (χ1v) is 9.05. The Balaban J connectivity index is 1.62. The zero-order valence-corrected chi connectivity index (χ0v) is 15.6. The average molecular weight is 419 g/mol. The Hall–Kier alpha value is -3.41. The van der Waals surface area contributed by atoms with Crippen molar-refractivity contribution in [2.75, 3.05) is 4.90 Å². The van der Waals surface area contributed by atoms with E-state index in [-0.39, 0.29) is 5.82 Å². The zero-order valence-electron chi connectivity index (χ0n) is 14.8. The molecule has 0 N–H and O–H groups in total. The molecule has 0 fully saturated rings. The quantitative estimate of drug-likeness (QED) is 0.478. The zero-order chi connectivity index (χ0) is 20.4. The summed E-state index contributed by atoms with van der Waals surface area (Å²) in [6.07, 6.45) is 0.0189. The van der Waals surface area contributed by atoms with Crippen molar-refractivity contribution in [3.05, 3.63) is 59.3 Å². The highest BCUT2D eigenvalue weighted by molar-refractivity contribution is 7.15. The van der Waals surface area contributed by atoms with Gasteiger partial charge in [-0.1, -0.05) is 5.16 Å². The largest absolute Gasteiger partial charge is 0.471 e. The molecule has 0 aliphatic heterocycles. The molecule has 0 spiro atoms. The van der Waals surface area contributed by atoms with Crippen LogP contribution in [0.3, 0.4) is 0 Å². The van der Waals surface area contributed by atoms with Gasteiger partial charge >= 0.3 is 12.1 Å². The maximum atomic E-state index is 12.7. The highest BCUT2D eigenvalue weighted by Crippen LogP contribution is 2.33. The van der Waals surface area contributed by atoms with Gasteiger partial charge in [-0.05, 0) is 31.2 Å². The van der Waals surface area contributed by atoms with E-state index in [2.05, 4.69) is 34.8 Å². The molecule has 0 unspecified atom stereocenters. The molecule has 0 aliphatic carbocycles. The van der Waals surface area contributed by atoms with E-state index in [0.717, 1.165) is 10.6 Å². The molecule has 12 heteroatoms. The van der Waals surface area contributed by atoms with Crippen molar-refractivity contribution in [1.82, 2.24) is 30.3 Å². The molecule has 148 valence electrons. The first-order valence-electron chi connectivity index (χ1n) is 8.24. The van der Waals surface area contributed by atoms with E-state index in [1.54, 1.807) is 41.7 Å². The summed E-state index contributed by atoms with van der Waals surface area (Å²) in [6, 6.07) is 7.04. The summed E-state index contributed by atoms with van der Waals surface area (Å²) >= 11 is 1.24. The van der Waals surface area contributed by atoms with Gasteiger partial charge in [0.25, 0.3) is 0 Å². The van der Waals surface area contributed by atoms with Crippen LogP contribution in [-0.2, 0) is 12.7 Å². The van der Waals surface area contributed by atoms with Crippen molar-refractivity contribution < 1.29 is 17.7 Å². The molecule has 0 radical (unpaired) electrons. The molecule has 0 atom stereocenters. The van der Waals surface area contributed by atoms with Crippen LogP contribution in [-0.4, -0.2) is 30.3 Å². The number of rotatable bonds is 5. The fourth-order valence-electron chi connectivity index (χ4n) is 2.42. The minimum Gasteiger partial charge on any atom is -0.329 e. The first kappa shape index (κ1) is 18.9. The summed E-state index contributed by atoms with van der Waals surface area (Å²) in [5, 5.41) is 11.7. The molecule has 0 aliphatic rings. The van der Waals surface area contributed by atoms with Gasteiger partial charge in [0.15, 0.2) is 11.6 Å². The van der Waals surface area contributed by atoms with Gasteiger partial charge in [0.05, 0.1) is 23.3 Å². The summed E-state index contributed by atoms with van der Waals surface area (Å²) < 4.78 is 42.3. The van der Waals surface area contributed by atoms with Gasteiger partial charge in [0.2, 0.25) is 5.82 Å². The van der Waals surface area contributed by atoms with E-state index >= 15 is 0 Å². The number of aromatic nitrogens is 6. The summed E-state index contributed by atoms with van der Waals surface area (Å²) in [7, 11) is 0. The Morgan fingerprint density at radius 2 is 1.93 bits per heavy atom. The number of hydrogen-bond donors (Lipinski definition) is 0. The predicted octanol–water partition coefficient (Wildman–Crippen LogP) is 4.04. The van der Waals surface area contributed by atoms with Crippen molar-refractivity contribution in [3.8, 4) is 10.7 Å². The number of thiophene rings is 1. The van der Waals surface area contributed by atoms with Crippen molar-refractivity contribution in [3.63, 3.8) is 0 Å². The van der Waals surface area contributed by atoms with Crippen molar-refractivity contribution in [1.29, 1.82) is 0 Å². The number of hydrogen-bond acceptors (Lipinski definition) is 9. The Labute approximate surface area is 166 Å². The van der Waals surface area contributed by atoms with Crippen molar-refractivity contribution in [2.45, 2.75) is 19.6 Å². The maximum Gasteiger partial charge on any atom is 0.471 e. The lowest BCUT2D eigenvalue weighted by molar-refractivity contribution is -0.159. The Kier molecular flexibility index (Phi) is 4.92. The summed E-state index contributed by atoms with van der Waals surface area (Å²) in [5.74, 6) is -0.377. The second-order valence-corrected chi connectivity index (χ2v) is 7.04. The third-order valence-corrected chi connectivity index (χ3v) is 4.82. The molecule has 0 saturated carbocycles. The topological polar surface area (TPSA) is 93.7 Å². The third-order valence-electron chi connectivity index (χ3n) is 3.75. The standard InChI is InChI=1S/C17H12F3N7OS/c1-10-2-5-13(25-24-10)27(14-8-21-6-7-22-14)9-11-3-4-12(29-11)15-23-16(28-26-15)17(18,19)20/h2-8H,9H2,1H3. The molecule has 4 aromatic heterocycles. The number of anilines is 2. The van der Waals surface area contributed by atoms with Gasteiger partial charge in [0.1, 0.15) is 0 Å². The van der Waals surface area contributed by atoms with Gasteiger partial charge in [-0.25, -0.2) is 4.98 Å². The molecular weight excluding hydrogens is 407 g/mol. The number of halogens is 3. The Morgan fingerprint density at radius 3 is 2.59 bits per heavy atom. The van der Waals surface area contributed by atoms with Gasteiger partial charge in [-0.3, -0.25) is 4.98 Å². The first-order chi connectivity index (χ1) is 13.9. The molecule has 29 heavy (non-hydrogen) atoms. The molecule has 0 bridgehead atoms.